The van der Waals surface area contributed by atoms with Gasteiger partial charge in [0.2, 0.25) is 0 Å². The van der Waals surface area contributed by atoms with Crippen molar-refractivity contribution in [1.29, 1.82) is 0 Å². The second kappa shape index (κ2) is 5.61. The molecule has 0 bridgehead atoms. The van der Waals surface area contributed by atoms with Crippen molar-refractivity contribution in [1.82, 2.24) is 4.90 Å². The maximum absolute atomic E-state index is 12.1. The van der Waals surface area contributed by atoms with Crippen LogP contribution in [0.4, 0.5) is 4.79 Å². The van der Waals surface area contributed by atoms with E-state index in [4.69, 9.17) is 10.5 Å². The molecule has 7 heteroatoms. The third-order valence-corrected chi connectivity index (χ3v) is 3.53. The monoisotopic (exact) mass is 304 g/mol. The number of nitrogens with two attached hydrogens (primary N) is 1. The van der Waals surface area contributed by atoms with E-state index in [1.54, 1.807) is 26.8 Å². The molecule has 1 fully saturated rings. The van der Waals surface area contributed by atoms with Gasteiger partial charge in [-0.3, -0.25) is 4.90 Å². The van der Waals surface area contributed by atoms with Crippen LogP contribution in [0.2, 0.25) is 0 Å². The maximum Gasteiger partial charge on any atom is 0.411 e. The number of rotatable bonds is 1. The molecule has 0 saturated carbocycles. The van der Waals surface area contributed by atoms with Crippen molar-refractivity contribution in [3.8, 4) is 0 Å². The summed E-state index contributed by atoms with van der Waals surface area (Å²) in [4.78, 5) is 24.8. The van der Waals surface area contributed by atoms with Gasteiger partial charge in [-0.05, 0) is 20.8 Å². The van der Waals surface area contributed by atoms with Gasteiger partial charge in [-0.2, -0.15) is 0 Å². The number of carboxylic acid groups (broad SMARTS) is 1. The molecule has 1 saturated heterocycles. The number of carbonyl (C=O) groups is 2. The van der Waals surface area contributed by atoms with E-state index in [2.05, 4.69) is 0 Å². The zero-order valence-electron chi connectivity index (χ0n) is 11.8. The van der Waals surface area contributed by atoms with Crippen LogP contribution < -0.4 is 5.73 Å². The van der Waals surface area contributed by atoms with Crippen LogP contribution in [0.25, 0.3) is 0 Å². The first-order valence-corrected chi connectivity index (χ1v) is 6.37. The molecule has 0 aromatic carbocycles. The average Bonchev–Trinajstić information content (AvgIpc) is 2.76. The molecule has 6 nitrogen and oxygen atoms in total. The van der Waals surface area contributed by atoms with E-state index in [1.807, 2.05) is 6.08 Å². The van der Waals surface area contributed by atoms with Crippen molar-refractivity contribution in [2.45, 2.75) is 38.5 Å². The summed E-state index contributed by atoms with van der Waals surface area (Å²) in [6.45, 7) is 5.58. The molecule has 3 N–H and O–H groups in total. The van der Waals surface area contributed by atoms with E-state index >= 15 is 0 Å². The predicted octanol–water partition coefficient (Wildman–Crippen LogP) is 1.24. The molecule has 1 aliphatic heterocycles. The molecule has 0 aromatic heterocycles. The average molecular weight is 305 g/mol. The SMILES string of the molecule is CC(C)(C)OC(=O)N1CC2C(N)C=CC2C1C(=O)O.Cl. The van der Waals surface area contributed by atoms with Gasteiger partial charge < -0.3 is 15.6 Å². The van der Waals surface area contributed by atoms with Gasteiger partial charge in [-0.25, -0.2) is 9.59 Å². The van der Waals surface area contributed by atoms with Gasteiger partial charge in [0.05, 0.1) is 0 Å². The first-order valence-electron chi connectivity index (χ1n) is 6.37. The number of carbonyl (C=O) groups excluding carboxylic acids is 1. The molecule has 114 valence electrons. The van der Waals surface area contributed by atoms with Crippen molar-refractivity contribution < 1.29 is 19.4 Å². The van der Waals surface area contributed by atoms with E-state index in [9.17, 15) is 14.7 Å². The summed E-state index contributed by atoms with van der Waals surface area (Å²) in [5.74, 6) is -1.27. The van der Waals surface area contributed by atoms with Crippen LogP contribution >= 0.6 is 12.4 Å². The maximum atomic E-state index is 12.1. The summed E-state index contributed by atoms with van der Waals surface area (Å²) in [5.41, 5.74) is 5.27. The molecule has 2 rings (SSSR count). The van der Waals surface area contributed by atoms with E-state index in [-0.39, 0.29) is 30.3 Å². The molecule has 4 unspecified atom stereocenters. The largest absolute Gasteiger partial charge is 0.480 e. The first-order chi connectivity index (χ1) is 8.70. The third-order valence-electron chi connectivity index (χ3n) is 3.53. The van der Waals surface area contributed by atoms with E-state index in [0.717, 1.165) is 0 Å². The molecule has 0 spiro atoms. The van der Waals surface area contributed by atoms with Crippen LogP contribution in [0, 0.1) is 11.8 Å². The van der Waals surface area contributed by atoms with Crippen molar-refractivity contribution in [2.24, 2.45) is 17.6 Å². The topological polar surface area (TPSA) is 92.9 Å². The molecule has 2 aliphatic rings. The number of likely N-dealkylation sites (tertiary alicyclic amines) is 1. The smallest absolute Gasteiger partial charge is 0.411 e. The number of carboxylic acids is 1. The van der Waals surface area contributed by atoms with Crippen LogP contribution in [-0.2, 0) is 9.53 Å². The second-order valence-electron chi connectivity index (χ2n) is 6.12. The van der Waals surface area contributed by atoms with E-state index in [0.29, 0.717) is 6.54 Å². The number of hydrogen-bond acceptors (Lipinski definition) is 4. The fourth-order valence-corrected chi connectivity index (χ4v) is 2.74. The Balaban J connectivity index is 0.00000200. The number of halogens is 1. The van der Waals surface area contributed by atoms with Gasteiger partial charge >= 0.3 is 12.1 Å². The minimum Gasteiger partial charge on any atom is -0.480 e. The Morgan fingerprint density at radius 1 is 1.35 bits per heavy atom. The van der Waals surface area contributed by atoms with Crippen LogP contribution in [0.1, 0.15) is 20.8 Å². The minimum absolute atomic E-state index is 0. The highest BCUT2D eigenvalue weighted by atomic mass is 35.5. The van der Waals surface area contributed by atoms with Gasteiger partial charge in [-0.1, -0.05) is 12.2 Å². The van der Waals surface area contributed by atoms with Crippen molar-refractivity contribution in [3.63, 3.8) is 0 Å². The molecule has 1 heterocycles. The van der Waals surface area contributed by atoms with Crippen LogP contribution in [-0.4, -0.2) is 46.3 Å². The van der Waals surface area contributed by atoms with Crippen LogP contribution in [0.15, 0.2) is 12.2 Å². The van der Waals surface area contributed by atoms with Gasteiger partial charge in [0, 0.05) is 24.4 Å². The molecule has 0 radical (unpaired) electrons. The second-order valence-corrected chi connectivity index (χ2v) is 6.12. The molecule has 0 aromatic rings. The van der Waals surface area contributed by atoms with Crippen molar-refractivity contribution >= 4 is 24.5 Å². The summed E-state index contributed by atoms with van der Waals surface area (Å²) in [5, 5.41) is 9.34. The van der Waals surface area contributed by atoms with Crippen LogP contribution in [0.5, 0.6) is 0 Å². The highest BCUT2D eigenvalue weighted by Crippen LogP contribution is 2.38. The van der Waals surface area contributed by atoms with E-state index in [1.165, 1.54) is 4.90 Å². The van der Waals surface area contributed by atoms with E-state index < -0.39 is 23.7 Å². The number of hydrogen-bond donors (Lipinski definition) is 2. The Morgan fingerprint density at radius 2 is 1.95 bits per heavy atom. The van der Waals surface area contributed by atoms with Crippen molar-refractivity contribution in [2.75, 3.05) is 6.54 Å². The van der Waals surface area contributed by atoms with Crippen LogP contribution in [0.3, 0.4) is 0 Å². The highest BCUT2D eigenvalue weighted by Gasteiger charge is 2.51. The zero-order chi connectivity index (χ0) is 14.4. The summed E-state index contributed by atoms with van der Waals surface area (Å²) in [7, 11) is 0. The molecular weight excluding hydrogens is 284 g/mol. The lowest BCUT2D eigenvalue weighted by atomic mass is 9.92. The number of nitrogens with zero attached hydrogens (tertiary/aromatic N) is 1. The highest BCUT2D eigenvalue weighted by molar-refractivity contribution is 5.85. The number of fused-ring (bicyclic) bond motifs is 1. The fraction of sp³-hybridized carbons (Fsp3) is 0.692. The molecule has 20 heavy (non-hydrogen) atoms. The lowest BCUT2D eigenvalue weighted by molar-refractivity contribution is -0.142. The lowest BCUT2D eigenvalue weighted by Crippen LogP contribution is -2.45. The number of aliphatic carboxylic acids is 1. The van der Waals surface area contributed by atoms with Gasteiger partial charge in [-0.15, -0.1) is 12.4 Å². The standard InChI is InChI=1S/C13H20N2O4.ClH/c1-13(2,3)19-12(18)15-6-8-7(4-5-9(8)14)10(15)11(16)17;/h4-5,7-10H,6,14H2,1-3H3,(H,16,17);1H. The molecule has 4 atom stereocenters. The normalized spacial score (nSPS) is 31.7. The Hall–Kier alpha value is -1.27. The van der Waals surface area contributed by atoms with Gasteiger partial charge in [0.1, 0.15) is 11.6 Å². The fourth-order valence-electron chi connectivity index (χ4n) is 2.74. The summed E-state index contributed by atoms with van der Waals surface area (Å²) < 4.78 is 5.26. The summed E-state index contributed by atoms with van der Waals surface area (Å²) in [6.07, 6.45) is 3.03. The minimum atomic E-state index is -1.02. The molecular formula is C13H21ClN2O4. The lowest BCUT2D eigenvalue weighted by Gasteiger charge is -2.27. The molecule has 1 aliphatic carbocycles. The Morgan fingerprint density at radius 3 is 2.45 bits per heavy atom. The first kappa shape index (κ1) is 16.8. The number of amides is 1. The summed E-state index contributed by atoms with van der Waals surface area (Å²) in [6, 6.07) is -1.08. The van der Waals surface area contributed by atoms with Crippen molar-refractivity contribution in [3.05, 3.63) is 12.2 Å². The Labute approximate surface area is 124 Å². The summed E-state index contributed by atoms with van der Waals surface area (Å²) >= 11 is 0. The molecule has 1 amide bonds. The quantitative estimate of drug-likeness (QED) is 0.711. The van der Waals surface area contributed by atoms with Gasteiger partial charge in [0.15, 0.2) is 0 Å². The number of ether oxygens (including phenoxy) is 1. The third kappa shape index (κ3) is 3.07. The zero-order valence-corrected chi connectivity index (χ0v) is 12.6. The predicted molar refractivity (Wildman–Crippen MR) is 75.7 cm³/mol. The van der Waals surface area contributed by atoms with Gasteiger partial charge in [0.25, 0.3) is 0 Å². The Kier molecular flexibility index (Phi) is 4.71. The Bertz CT molecular complexity index is 433.